The Labute approximate surface area is 121 Å². The minimum atomic E-state index is 0.0686. The Morgan fingerprint density at radius 3 is 2.80 bits per heavy atom. The Hall–Kier alpha value is -1.39. The van der Waals surface area contributed by atoms with Gasteiger partial charge in [-0.15, -0.1) is 0 Å². The van der Waals surface area contributed by atoms with Gasteiger partial charge in [-0.3, -0.25) is 9.69 Å². The van der Waals surface area contributed by atoms with Crippen LogP contribution in [0, 0.1) is 0 Å². The molecule has 2 N–H and O–H groups in total. The minimum absolute atomic E-state index is 0.0686. The predicted molar refractivity (Wildman–Crippen MR) is 81.2 cm³/mol. The molecule has 2 rings (SSSR count). The molecule has 0 bridgehead atoms. The van der Waals surface area contributed by atoms with Gasteiger partial charge in [-0.25, -0.2) is 0 Å². The summed E-state index contributed by atoms with van der Waals surface area (Å²) in [6.45, 7) is 5.92. The summed E-state index contributed by atoms with van der Waals surface area (Å²) in [6.07, 6.45) is 2.23. The van der Waals surface area contributed by atoms with Crippen molar-refractivity contribution in [3.05, 3.63) is 35.9 Å². The van der Waals surface area contributed by atoms with E-state index in [-0.39, 0.29) is 12.5 Å². The number of benzene rings is 1. The lowest BCUT2D eigenvalue weighted by Crippen LogP contribution is -2.51. The van der Waals surface area contributed by atoms with Crippen molar-refractivity contribution < 1.29 is 4.79 Å². The van der Waals surface area contributed by atoms with Crippen LogP contribution in [0.25, 0.3) is 0 Å². The number of piperidine rings is 1. The van der Waals surface area contributed by atoms with Gasteiger partial charge in [0, 0.05) is 25.7 Å². The lowest BCUT2D eigenvalue weighted by molar-refractivity contribution is -0.132. The number of hydrogen-bond donors (Lipinski definition) is 1. The van der Waals surface area contributed by atoms with Gasteiger partial charge in [0.25, 0.3) is 0 Å². The van der Waals surface area contributed by atoms with Gasteiger partial charge in [0.15, 0.2) is 0 Å². The second-order valence-corrected chi connectivity index (χ2v) is 5.40. The molecule has 110 valence electrons. The molecule has 1 heterocycles. The van der Waals surface area contributed by atoms with Crippen LogP contribution in [0.1, 0.15) is 25.3 Å². The van der Waals surface area contributed by atoms with Crippen LogP contribution < -0.4 is 5.73 Å². The third-order valence-electron chi connectivity index (χ3n) is 4.01. The summed E-state index contributed by atoms with van der Waals surface area (Å²) in [6, 6.07) is 10.8. The lowest BCUT2D eigenvalue weighted by atomic mass is 10.0. The summed E-state index contributed by atoms with van der Waals surface area (Å²) >= 11 is 0. The van der Waals surface area contributed by atoms with Gasteiger partial charge >= 0.3 is 0 Å². The molecule has 1 aromatic rings. The molecule has 1 aliphatic rings. The topological polar surface area (TPSA) is 49.6 Å². The first-order chi connectivity index (χ1) is 9.74. The fourth-order valence-corrected chi connectivity index (χ4v) is 3.03. The number of carbonyl (C=O) groups excluding carboxylic acids is 1. The van der Waals surface area contributed by atoms with E-state index in [0.29, 0.717) is 6.04 Å². The lowest BCUT2D eigenvalue weighted by Gasteiger charge is -2.39. The Morgan fingerprint density at radius 2 is 2.15 bits per heavy atom. The van der Waals surface area contributed by atoms with Crippen LogP contribution in [-0.4, -0.2) is 47.9 Å². The van der Waals surface area contributed by atoms with Crippen molar-refractivity contribution in [3.8, 4) is 0 Å². The average Bonchev–Trinajstić information content (AvgIpc) is 2.49. The van der Waals surface area contributed by atoms with E-state index >= 15 is 0 Å². The molecule has 1 unspecified atom stereocenters. The molecule has 4 heteroatoms. The first-order valence-electron chi connectivity index (χ1n) is 7.50. The Morgan fingerprint density at radius 1 is 1.40 bits per heavy atom. The molecule has 0 aromatic heterocycles. The van der Waals surface area contributed by atoms with Gasteiger partial charge in [-0.1, -0.05) is 30.3 Å². The van der Waals surface area contributed by atoms with E-state index in [1.54, 1.807) is 0 Å². The summed E-state index contributed by atoms with van der Waals surface area (Å²) in [5.41, 5.74) is 6.84. The van der Waals surface area contributed by atoms with Gasteiger partial charge in [0.05, 0.1) is 6.54 Å². The summed E-state index contributed by atoms with van der Waals surface area (Å²) in [7, 11) is 0. The summed E-state index contributed by atoms with van der Waals surface area (Å²) in [4.78, 5) is 16.3. The molecule has 1 aliphatic heterocycles. The molecule has 0 spiro atoms. The highest BCUT2D eigenvalue weighted by Crippen LogP contribution is 2.18. The second-order valence-electron chi connectivity index (χ2n) is 5.40. The molecule has 0 radical (unpaired) electrons. The van der Waals surface area contributed by atoms with Crippen LogP contribution in [0.2, 0.25) is 0 Å². The first-order valence-corrected chi connectivity index (χ1v) is 7.50. The number of nitrogens with two attached hydrogens (primary N) is 1. The number of rotatable bonds is 5. The molecule has 1 amide bonds. The maximum absolute atomic E-state index is 11.9. The number of likely N-dealkylation sites (N-methyl/N-ethyl adjacent to an activating group) is 1. The smallest absolute Gasteiger partial charge is 0.236 e. The quantitative estimate of drug-likeness (QED) is 0.885. The molecule has 0 aliphatic carbocycles. The Balaban J connectivity index is 1.96. The fourth-order valence-electron chi connectivity index (χ4n) is 3.03. The van der Waals surface area contributed by atoms with Crippen molar-refractivity contribution in [1.82, 2.24) is 9.80 Å². The number of amides is 1. The van der Waals surface area contributed by atoms with E-state index in [1.807, 2.05) is 17.9 Å². The summed E-state index contributed by atoms with van der Waals surface area (Å²) < 4.78 is 0. The first kappa shape index (κ1) is 15.0. The van der Waals surface area contributed by atoms with E-state index < -0.39 is 0 Å². The molecular weight excluding hydrogens is 250 g/mol. The fraction of sp³-hybridized carbons (Fsp3) is 0.562. The summed E-state index contributed by atoms with van der Waals surface area (Å²) in [5, 5.41) is 0. The van der Waals surface area contributed by atoms with Crippen molar-refractivity contribution in [2.45, 2.75) is 32.4 Å². The zero-order valence-corrected chi connectivity index (χ0v) is 12.3. The van der Waals surface area contributed by atoms with Crippen LogP contribution in [-0.2, 0) is 11.3 Å². The SMILES string of the molecule is CCN(C(=O)CN)C1CCCN(Cc2ccccc2)C1. The average molecular weight is 275 g/mol. The highest BCUT2D eigenvalue weighted by molar-refractivity contribution is 5.78. The number of nitrogens with zero attached hydrogens (tertiary/aromatic N) is 2. The van der Waals surface area contributed by atoms with Crippen molar-refractivity contribution in [3.63, 3.8) is 0 Å². The minimum Gasteiger partial charge on any atom is -0.338 e. The molecule has 1 saturated heterocycles. The van der Waals surface area contributed by atoms with E-state index in [1.165, 1.54) is 5.56 Å². The van der Waals surface area contributed by atoms with Gasteiger partial charge < -0.3 is 10.6 Å². The maximum atomic E-state index is 11.9. The van der Waals surface area contributed by atoms with E-state index in [4.69, 9.17) is 5.73 Å². The van der Waals surface area contributed by atoms with Crippen molar-refractivity contribution in [2.24, 2.45) is 5.73 Å². The van der Waals surface area contributed by atoms with E-state index in [0.717, 1.165) is 39.0 Å². The third-order valence-corrected chi connectivity index (χ3v) is 4.01. The molecule has 20 heavy (non-hydrogen) atoms. The van der Waals surface area contributed by atoms with E-state index in [2.05, 4.69) is 29.2 Å². The Bertz CT molecular complexity index is 421. The number of likely N-dealkylation sites (tertiary alicyclic amines) is 1. The molecule has 1 fully saturated rings. The predicted octanol–water partition coefficient (Wildman–Crippen LogP) is 1.46. The second kappa shape index (κ2) is 7.41. The normalized spacial score (nSPS) is 19.8. The third kappa shape index (κ3) is 3.81. The van der Waals surface area contributed by atoms with Crippen LogP contribution in [0.5, 0.6) is 0 Å². The van der Waals surface area contributed by atoms with Gasteiger partial charge in [0.1, 0.15) is 0 Å². The van der Waals surface area contributed by atoms with E-state index in [9.17, 15) is 4.79 Å². The number of hydrogen-bond acceptors (Lipinski definition) is 3. The standard InChI is InChI=1S/C16H25N3O/c1-2-19(16(20)11-17)15-9-6-10-18(13-15)12-14-7-4-3-5-8-14/h3-5,7-8,15H,2,6,9-13,17H2,1H3. The highest BCUT2D eigenvalue weighted by atomic mass is 16.2. The molecule has 4 nitrogen and oxygen atoms in total. The van der Waals surface area contributed by atoms with Crippen molar-refractivity contribution >= 4 is 5.91 Å². The number of carbonyl (C=O) groups is 1. The molecule has 1 atom stereocenters. The molecule has 1 aromatic carbocycles. The monoisotopic (exact) mass is 275 g/mol. The Kier molecular flexibility index (Phi) is 5.56. The summed E-state index contributed by atoms with van der Waals surface area (Å²) in [5.74, 6) is 0.0686. The molecular formula is C16H25N3O. The largest absolute Gasteiger partial charge is 0.338 e. The van der Waals surface area contributed by atoms with Crippen LogP contribution >= 0.6 is 0 Å². The van der Waals surface area contributed by atoms with Crippen LogP contribution in [0.3, 0.4) is 0 Å². The van der Waals surface area contributed by atoms with Crippen LogP contribution in [0.15, 0.2) is 30.3 Å². The maximum Gasteiger partial charge on any atom is 0.236 e. The molecule has 0 saturated carbocycles. The van der Waals surface area contributed by atoms with Gasteiger partial charge in [-0.05, 0) is 31.9 Å². The zero-order chi connectivity index (χ0) is 14.4. The highest BCUT2D eigenvalue weighted by Gasteiger charge is 2.26. The van der Waals surface area contributed by atoms with Crippen molar-refractivity contribution in [2.75, 3.05) is 26.2 Å². The van der Waals surface area contributed by atoms with Crippen molar-refractivity contribution in [1.29, 1.82) is 0 Å². The van der Waals surface area contributed by atoms with Gasteiger partial charge in [0.2, 0.25) is 5.91 Å². The zero-order valence-electron chi connectivity index (χ0n) is 12.3. The van der Waals surface area contributed by atoms with Gasteiger partial charge in [-0.2, -0.15) is 0 Å². The van der Waals surface area contributed by atoms with Crippen LogP contribution in [0.4, 0.5) is 0 Å².